The molecule has 27 heavy (non-hydrogen) atoms. The lowest BCUT2D eigenvalue weighted by atomic mass is 10.1. The van der Waals surface area contributed by atoms with Gasteiger partial charge < -0.3 is 5.32 Å². The third-order valence-electron chi connectivity index (χ3n) is 3.96. The Labute approximate surface area is 161 Å². The minimum absolute atomic E-state index is 0.0509. The van der Waals surface area contributed by atoms with Crippen LogP contribution in [-0.4, -0.2) is 31.3 Å². The van der Waals surface area contributed by atoms with Crippen molar-refractivity contribution >= 4 is 27.3 Å². The molecule has 2 N–H and O–H groups in total. The van der Waals surface area contributed by atoms with Gasteiger partial charge in [-0.15, -0.1) is 11.3 Å². The maximum absolute atomic E-state index is 12.5. The van der Waals surface area contributed by atoms with Crippen molar-refractivity contribution in [3.05, 3.63) is 64.2 Å². The van der Waals surface area contributed by atoms with Crippen molar-refractivity contribution in [1.82, 2.24) is 20.0 Å². The minimum atomic E-state index is -3.61. The molecule has 0 spiro atoms. The van der Waals surface area contributed by atoms with Crippen molar-refractivity contribution in [3.63, 3.8) is 0 Å². The van der Waals surface area contributed by atoms with Gasteiger partial charge in [0.15, 0.2) is 0 Å². The number of thiazole rings is 1. The molecule has 3 aromatic rings. The second kappa shape index (κ2) is 7.95. The number of sulfonamides is 1. The largest absolute Gasteiger partial charge is 0.346 e. The minimum Gasteiger partial charge on any atom is -0.346 e. The number of aromatic nitrogens is 2. The first-order valence-corrected chi connectivity index (χ1v) is 10.4. The van der Waals surface area contributed by atoms with Gasteiger partial charge in [-0.3, -0.25) is 9.78 Å². The lowest BCUT2D eigenvalue weighted by Gasteiger charge is -2.09. The van der Waals surface area contributed by atoms with E-state index < -0.39 is 10.0 Å². The van der Waals surface area contributed by atoms with E-state index in [0.717, 1.165) is 16.3 Å². The highest BCUT2D eigenvalue weighted by Crippen LogP contribution is 2.21. The van der Waals surface area contributed by atoms with E-state index >= 15 is 0 Å². The molecule has 9 heteroatoms. The zero-order chi connectivity index (χ0) is 19.4. The molecule has 0 atom stereocenters. The molecule has 0 saturated carbocycles. The van der Waals surface area contributed by atoms with Gasteiger partial charge in [-0.05, 0) is 43.8 Å². The van der Waals surface area contributed by atoms with Crippen molar-refractivity contribution in [2.24, 2.45) is 0 Å². The van der Waals surface area contributed by atoms with Crippen LogP contribution < -0.4 is 10.0 Å². The summed E-state index contributed by atoms with van der Waals surface area (Å²) in [5.74, 6) is -0.346. The molecule has 1 aromatic carbocycles. The van der Waals surface area contributed by atoms with Crippen LogP contribution in [0.1, 0.15) is 20.9 Å². The van der Waals surface area contributed by atoms with E-state index in [1.54, 1.807) is 25.4 Å². The summed E-state index contributed by atoms with van der Waals surface area (Å²) in [4.78, 5) is 21.1. The standard InChI is InChI=1S/C18H18N4O3S2/c1-12-3-4-14(27(24,25)19-2)9-15(12)18(23)21-10-17-22-16(11-26-17)13-5-7-20-8-6-13/h3-9,11,19H,10H2,1-2H3,(H,21,23). The molecule has 0 aliphatic carbocycles. The van der Waals surface area contributed by atoms with Gasteiger partial charge in [0, 0.05) is 28.9 Å². The fourth-order valence-corrected chi connectivity index (χ4v) is 3.93. The highest BCUT2D eigenvalue weighted by atomic mass is 32.2. The Hall–Kier alpha value is -2.62. The number of amides is 1. The summed E-state index contributed by atoms with van der Waals surface area (Å²) in [6, 6.07) is 8.20. The zero-order valence-corrected chi connectivity index (χ0v) is 16.4. The molecule has 0 saturated heterocycles. The third-order valence-corrected chi connectivity index (χ3v) is 6.22. The molecule has 2 heterocycles. The molecular weight excluding hydrogens is 384 g/mol. The van der Waals surface area contributed by atoms with Crippen LogP contribution in [0.5, 0.6) is 0 Å². The predicted octanol–water partition coefficient (Wildman–Crippen LogP) is 2.35. The number of nitrogens with one attached hydrogen (secondary N) is 2. The molecule has 2 aromatic heterocycles. The quantitative estimate of drug-likeness (QED) is 0.659. The van der Waals surface area contributed by atoms with Crippen LogP contribution >= 0.6 is 11.3 Å². The Morgan fingerprint density at radius 3 is 2.63 bits per heavy atom. The number of carbonyl (C=O) groups excluding carboxylic acids is 1. The van der Waals surface area contributed by atoms with Crippen LogP contribution in [0.15, 0.2) is 53.0 Å². The zero-order valence-electron chi connectivity index (χ0n) is 14.8. The summed E-state index contributed by atoms with van der Waals surface area (Å²) >= 11 is 1.44. The molecule has 140 valence electrons. The van der Waals surface area contributed by atoms with E-state index in [4.69, 9.17) is 0 Å². The SMILES string of the molecule is CNS(=O)(=O)c1ccc(C)c(C(=O)NCc2nc(-c3ccncc3)cs2)c1. The average Bonchev–Trinajstić information content (AvgIpc) is 3.16. The summed E-state index contributed by atoms with van der Waals surface area (Å²) in [5.41, 5.74) is 2.79. The Morgan fingerprint density at radius 1 is 1.19 bits per heavy atom. The summed E-state index contributed by atoms with van der Waals surface area (Å²) in [6.07, 6.45) is 3.40. The van der Waals surface area contributed by atoms with Crippen molar-refractivity contribution in [1.29, 1.82) is 0 Å². The molecule has 0 unspecified atom stereocenters. The first-order chi connectivity index (χ1) is 12.9. The third kappa shape index (κ3) is 4.38. The normalized spacial score (nSPS) is 11.3. The number of aryl methyl sites for hydroxylation is 1. The number of pyridine rings is 1. The second-order valence-corrected chi connectivity index (χ2v) is 8.56. The second-order valence-electron chi connectivity index (χ2n) is 5.73. The van der Waals surface area contributed by atoms with Gasteiger partial charge in [0.1, 0.15) is 5.01 Å². The molecule has 0 aliphatic rings. The first kappa shape index (κ1) is 19.2. The van der Waals surface area contributed by atoms with Crippen LogP contribution in [0.25, 0.3) is 11.3 Å². The highest BCUT2D eigenvalue weighted by molar-refractivity contribution is 7.89. The van der Waals surface area contributed by atoms with E-state index in [1.165, 1.54) is 30.5 Å². The van der Waals surface area contributed by atoms with Crippen LogP contribution in [-0.2, 0) is 16.6 Å². The average molecular weight is 403 g/mol. The molecule has 0 fully saturated rings. The Morgan fingerprint density at radius 2 is 1.93 bits per heavy atom. The van der Waals surface area contributed by atoms with Crippen molar-refractivity contribution in [3.8, 4) is 11.3 Å². The fraction of sp³-hybridized carbons (Fsp3) is 0.167. The Balaban J connectivity index is 1.73. The number of carbonyl (C=O) groups is 1. The van der Waals surface area contributed by atoms with Crippen molar-refractivity contribution in [2.75, 3.05) is 7.05 Å². The van der Waals surface area contributed by atoms with Gasteiger partial charge in [-0.2, -0.15) is 0 Å². The van der Waals surface area contributed by atoms with E-state index in [1.807, 2.05) is 17.5 Å². The summed E-state index contributed by atoms with van der Waals surface area (Å²) in [6.45, 7) is 2.02. The summed E-state index contributed by atoms with van der Waals surface area (Å²) in [5, 5.41) is 5.47. The number of rotatable bonds is 6. The smallest absolute Gasteiger partial charge is 0.251 e. The number of nitrogens with zero attached hydrogens (tertiary/aromatic N) is 2. The van der Waals surface area contributed by atoms with Gasteiger partial charge in [0.2, 0.25) is 10.0 Å². The molecule has 1 amide bonds. The van der Waals surface area contributed by atoms with E-state index in [2.05, 4.69) is 20.0 Å². The van der Waals surface area contributed by atoms with E-state index in [-0.39, 0.29) is 17.3 Å². The van der Waals surface area contributed by atoms with Crippen molar-refractivity contribution in [2.45, 2.75) is 18.4 Å². The summed E-state index contributed by atoms with van der Waals surface area (Å²) in [7, 11) is -2.28. The van der Waals surface area contributed by atoms with E-state index in [0.29, 0.717) is 11.1 Å². The maximum Gasteiger partial charge on any atom is 0.251 e. The molecule has 0 aliphatic heterocycles. The predicted molar refractivity (Wildman–Crippen MR) is 104 cm³/mol. The van der Waals surface area contributed by atoms with Crippen LogP contribution in [0, 0.1) is 6.92 Å². The molecular formula is C18H18N4O3S2. The van der Waals surface area contributed by atoms with Gasteiger partial charge in [0.05, 0.1) is 17.1 Å². The topological polar surface area (TPSA) is 101 Å². The first-order valence-electron chi connectivity index (χ1n) is 8.08. The van der Waals surface area contributed by atoms with E-state index in [9.17, 15) is 13.2 Å². The lowest BCUT2D eigenvalue weighted by molar-refractivity contribution is 0.0950. The maximum atomic E-state index is 12.5. The highest BCUT2D eigenvalue weighted by Gasteiger charge is 2.17. The van der Waals surface area contributed by atoms with Gasteiger partial charge in [-0.1, -0.05) is 6.07 Å². The molecule has 0 bridgehead atoms. The van der Waals surface area contributed by atoms with Crippen LogP contribution in [0.4, 0.5) is 0 Å². The van der Waals surface area contributed by atoms with Gasteiger partial charge in [-0.25, -0.2) is 18.1 Å². The Bertz CT molecular complexity index is 1060. The molecule has 3 rings (SSSR count). The van der Waals surface area contributed by atoms with Crippen molar-refractivity contribution < 1.29 is 13.2 Å². The lowest BCUT2D eigenvalue weighted by Crippen LogP contribution is -2.25. The molecule has 7 nitrogen and oxygen atoms in total. The van der Waals surface area contributed by atoms with Gasteiger partial charge in [0.25, 0.3) is 5.91 Å². The number of hydrogen-bond acceptors (Lipinski definition) is 6. The van der Waals surface area contributed by atoms with Crippen LogP contribution in [0.3, 0.4) is 0 Å². The number of benzene rings is 1. The molecule has 0 radical (unpaired) electrons. The van der Waals surface area contributed by atoms with Crippen LogP contribution in [0.2, 0.25) is 0 Å². The fourth-order valence-electron chi connectivity index (χ4n) is 2.43. The van der Waals surface area contributed by atoms with Gasteiger partial charge >= 0.3 is 0 Å². The summed E-state index contributed by atoms with van der Waals surface area (Å²) < 4.78 is 26.1. The Kier molecular flexibility index (Phi) is 5.64. The monoisotopic (exact) mass is 402 g/mol. The number of hydrogen-bond donors (Lipinski definition) is 2.